The van der Waals surface area contributed by atoms with E-state index in [2.05, 4.69) is 0 Å². The molecule has 0 spiro atoms. The topological polar surface area (TPSA) is 63.7 Å². The van der Waals surface area contributed by atoms with Crippen molar-refractivity contribution in [2.75, 3.05) is 11.4 Å². The Kier molecular flexibility index (Phi) is 5.74. The molecule has 1 aromatic heterocycles. The SMILES string of the molecule is C[C@@H](OC(=O)CCC(=O)c1ccc(Cl)s1)C(=O)N1CCc2ccccc21. The monoisotopic (exact) mass is 391 g/mol. The molecule has 0 radical (unpaired) electrons. The van der Waals surface area contributed by atoms with Gasteiger partial charge in [-0.05, 0) is 37.1 Å². The molecule has 1 aromatic carbocycles. The summed E-state index contributed by atoms with van der Waals surface area (Å²) in [4.78, 5) is 38.7. The van der Waals surface area contributed by atoms with Crippen LogP contribution in [0.4, 0.5) is 5.69 Å². The molecule has 136 valence electrons. The second kappa shape index (κ2) is 8.01. The average molecular weight is 392 g/mol. The van der Waals surface area contributed by atoms with Crippen molar-refractivity contribution < 1.29 is 19.1 Å². The van der Waals surface area contributed by atoms with Crippen molar-refractivity contribution in [2.24, 2.45) is 0 Å². The summed E-state index contributed by atoms with van der Waals surface area (Å²) in [6.07, 6.45) is -0.133. The third-order valence-corrected chi connectivity index (χ3v) is 5.49. The minimum atomic E-state index is -0.889. The summed E-state index contributed by atoms with van der Waals surface area (Å²) < 4.78 is 5.75. The fourth-order valence-corrected chi connectivity index (χ4v) is 3.91. The van der Waals surface area contributed by atoms with Crippen LogP contribution >= 0.6 is 22.9 Å². The van der Waals surface area contributed by atoms with Gasteiger partial charge in [0.25, 0.3) is 5.91 Å². The summed E-state index contributed by atoms with van der Waals surface area (Å²) in [7, 11) is 0. The molecule has 1 aliphatic rings. The van der Waals surface area contributed by atoms with E-state index in [4.69, 9.17) is 16.3 Å². The molecule has 1 atom stereocenters. The van der Waals surface area contributed by atoms with Crippen LogP contribution < -0.4 is 4.90 Å². The molecule has 1 amide bonds. The van der Waals surface area contributed by atoms with Crippen molar-refractivity contribution >= 4 is 46.3 Å². The number of ketones is 1. The Morgan fingerprint density at radius 2 is 1.96 bits per heavy atom. The van der Waals surface area contributed by atoms with Gasteiger partial charge in [-0.1, -0.05) is 29.8 Å². The average Bonchev–Trinajstić information content (AvgIpc) is 3.25. The molecule has 7 heteroatoms. The predicted octanol–water partition coefficient (Wildman–Crippen LogP) is 3.89. The second-order valence-corrected chi connectivity index (χ2v) is 7.74. The van der Waals surface area contributed by atoms with Gasteiger partial charge >= 0.3 is 5.97 Å². The van der Waals surface area contributed by atoms with E-state index < -0.39 is 12.1 Å². The van der Waals surface area contributed by atoms with Gasteiger partial charge in [0.2, 0.25) is 0 Å². The number of halogens is 1. The molecule has 3 rings (SSSR count). The zero-order valence-corrected chi connectivity index (χ0v) is 15.8. The van der Waals surface area contributed by atoms with E-state index in [1.807, 2.05) is 24.3 Å². The van der Waals surface area contributed by atoms with Crippen LogP contribution in [0.2, 0.25) is 4.34 Å². The maximum absolute atomic E-state index is 12.6. The molecule has 0 N–H and O–H groups in total. The molecule has 2 aromatic rings. The maximum Gasteiger partial charge on any atom is 0.307 e. The fourth-order valence-electron chi connectivity index (χ4n) is 2.90. The molecular weight excluding hydrogens is 374 g/mol. The number of benzene rings is 1. The van der Waals surface area contributed by atoms with Crippen LogP contribution in [0.5, 0.6) is 0 Å². The lowest BCUT2D eigenvalue weighted by atomic mass is 10.2. The van der Waals surface area contributed by atoms with Crippen LogP contribution in [0, 0.1) is 0 Å². The van der Waals surface area contributed by atoms with E-state index in [1.165, 1.54) is 11.3 Å². The van der Waals surface area contributed by atoms with Crippen LogP contribution in [-0.2, 0) is 20.7 Å². The van der Waals surface area contributed by atoms with E-state index in [9.17, 15) is 14.4 Å². The van der Waals surface area contributed by atoms with Crippen LogP contribution in [-0.4, -0.2) is 30.3 Å². The van der Waals surface area contributed by atoms with Gasteiger partial charge in [0.1, 0.15) is 0 Å². The number of para-hydroxylation sites is 1. The van der Waals surface area contributed by atoms with E-state index in [0.717, 1.165) is 17.7 Å². The highest BCUT2D eigenvalue weighted by Crippen LogP contribution is 2.28. The molecule has 0 saturated heterocycles. The molecular formula is C19H18ClNO4S. The summed E-state index contributed by atoms with van der Waals surface area (Å²) in [6, 6.07) is 11.0. The Labute approximate surface area is 160 Å². The highest BCUT2D eigenvalue weighted by Gasteiger charge is 2.29. The van der Waals surface area contributed by atoms with Crippen LogP contribution in [0.25, 0.3) is 0 Å². The molecule has 1 aliphatic heterocycles. The lowest BCUT2D eigenvalue weighted by Crippen LogP contribution is -2.39. The lowest BCUT2D eigenvalue weighted by Gasteiger charge is -2.21. The molecule has 0 aliphatic carbocycles. The van der Waals surface area contributed by atoms with Gasteiger partial charge in [0.15, 0.2) is 11.9 Å². The molecule has 0 fully saturated rings. The van der Waals surface area contributed by atoms with E-state index in [1.54, 1.807) is 24.0 Å². The summed E-state index contributed by atoms with van der Waals surface area (Å²) in [5.74, 6) is -0.972. The smallest absolute Gasteiger partial charge is 0.307 e. The molecule has 0 saturated carbocycles. The minimum absolute atomic E-state index is 0.0309. The second-order valence-electron chi connectivity index (χ2n) is 6.03. The number of amides is 1. The van der Waals surface area contributed by atoms with E-state index >= 15 is 0 Å². The summed E-state index contributed by atoms with van der Waals surface area (Å²) in [6.45, 7) is 2.14. The number of rotatable bonds is 6. The van der Waals surface area contributed by atoms with Crippen LogP contribution in [0.15, 0.2) is 36.4 Å². The van der Waals surface area contributed by atoms with Crippen molar-refractivity contribution in [3.63, 3.8) is 0 Å². The van der Waals surface area contributed by atoms with Gasteiger partial charge in [-0.15, -0.1) is 11.3 Å². The van der Waals surface area contributed by atoms with E-state index in [-0.39, 0.29) is 24.5 Å². The quantitative estimate of drug-likeness (QED) is 0.553. The minimum Gasteiger partial charge on any atom is -0.453 e. The van der Waals surface area contributed by atoms with Gasteiger partial charge in [-0.3, -0.25) is 14.4 Å². The van der Waals surface area contributed by atoms with Crippen LogP contribution in [0.1, 0.15) is 35.0 Å². The fraction of sp³-hybridized carbons (Fsp3) is 0.316. The number of hydrogen-bond acceptors (Lipinski definition) is 5. The number of ether oxygens (including phenoxy) is 1. The highest BCUT2D eigenvalue weighted by atomic mass is 35.5. The summed E-state index contributed by atoms with van der Waals surface area (Å²) in [5, 5.41) is 0. The Balaban J connectivity index is 1.51. The third kappa shape index (κ3) is 4.14. The number of esters is 1. The van der Waals surface area contributed by atoms with Crippen molar-refractivity contribution in [3.05, 3.63) is 51.2 Å². The predicted molar refractivity (Wildman–Crippen MR) is 101 cm³/mol. The van der Waals surface area contributed by atoms with Crippen molar-refractivity contribution in [2.45, 2.75) is 32.3 Å². The number of Topliss-reactive ketones (excluding diaryl/α,β-unsaturated/α-hetero) is 1. The Morgan fingerprint density at radius 3 is 2.69 bits per heavy atom. The standard InChI is InChI=1S/C19H18ClNO4S/c1-12(19(24)21-11-10-13-4-2-3-5-14(13)21)25-18(23)9-6-15(22)16-7-8-17(20)26-16/h2-5,7-8,12H,6,9-11H2,1H3/t12-/m1/s1. The molecule has 5 nitrogen and oxygen atoms in total. The first kappa shape index (κ1) is 18.6. The largest absolute Gasteiger partial charge is 0.453 e. The Bertz CT molecular complexity index is 848. The number of hydrogen-bond donors (Lipinski definition) is 0. The number of fused-ring (bicyclic) bond motifs is 1. The molecule has 0 bridgehead atoms. The molecule has 0 unspecified atom stereocenters. The van der Waals surface area contributed by atoms with Gasteiger partial charge < -0.3 is 9.64 Å². The summed E-state index contributed by atoms with van der Waals surface area (Å²) in [5.41, 5.74) is 1.98. The van der Waals surface area contributed by atoms with E-state index in [0.29, 0.717) is 15.8 Å². The first-order chi connectivity index (χ1) is 12.5. The van der Waals surface area contributed by atoms with Crippen molar-refractivity contribution in [1.82, 2.24) is 0 Å². The maximum atomic E-state index is 12.6. The first-order valence-corrected chi connectivity index (χ1v) is 9.52. The number of carbonyl (C=O) groups excluding carboxylic acids is 3. The van der Waals surface area contributed by atoms with Crippen LogP contribution in [0.3, 0.4) is 0 Å². The van der Waals surface area contributed by atoms with Gasteiger partial charge in [-0.25, -0.2) is 0 Å². The lowest BCUT2D eigenvalue weighted by molar-refractivity contribution is -0.153. The number of anilines is 1. The van der Waals surface area contributed by atoms with Gasteiger partial charge in [0.05, 0.1) is 15.6 Å². The van der Waals surface area contributed by atoms with Gasteiger partial charge in [-0.2, -0.15) is 0 Å². The number of nitrogens with zero attached hydrogens (tertiary/aromatic N) is 1. The zero-order chi connectivity index (χ0) is 18.7. The Hall–Kier alpha value is -2.18. The molecule has 2 heterocycles. The highest BCUT2D eigenvalue weighted by molar-refractivity contribution is 7.18. The first-order valence-electron chi connectivity index (χ1n) is 8.33. The number of thiophene rings is 1. The third-order valence-electron chi connectivity index (χ3n) is 4.21. The molecule has 26 heavy (non-hydrogen) atoms. The Morgan fingerprint density at radius 1 is 1.19 bits per heavy atom. The van der Waals surface area contributed by atoms with Crippen molar-refractivity contribution in [3.8, 4) is 0 Å². The number of carbonyl (C=O) groups is 3. The van der Waals surface area contributed by atoms with Gasteiger partial charge in [0, 0.05) is 18.7 Å². The zero-order valence-electron chi connectivity index (χ0n) is 14.2. The van der Waals surface area contributed by atoms with Crippen molar-refractivity contribution in [1.29, 1.82) is 0 Å². The normalized spacial score (nSPS) is 14.0. The summed E-state index contributed by atoms with van der Waals surface area (Å²) >= 11 is 6.98.